The molecule has 8 heteroatoms. The number of hydrogen-bond donors (Lipinski definition) is 3. The van der Waals surface area contributed by atoms with Gasteiger partial charge in [0.15, 0.2) is 0 Å². The average molecular weight is 426 g/mol. The van der Waals surface area contributed by atoms with Crippen molar-refractivity contribution >= 4 is 34.4 Å². The van der Waals surface area contributed by atoms with Crippen LogP contribution in [-0.4, -0.2) is 45.3 Å². The van der Waals surface area contributed by atoms with Gasteiger partial charge in [0, 0.05) is 13.1 Å². The molecule has 4 rings (SSSR count). The number of benzene rings is 2. The van der Waals surface area contributed by atoms with Crippen molar-refractivity contribution in [2.24, 2.45) is 5.73 Å². The molecule has 2 amide bonds. The number of nitrogens with one attached hydrogen (secondary N) is 2. The van der Waals surface area contributed by atoms with Gasteiger partial charge in [-0.25, -0.2) is 4.98 Å². The fraction of sp³-hybridized carbons (Fsp3) is 0.318. The monoisotopic (exact) mass is 425 g/mol. The van der Waals surface area contributed by atoms with Crippen LogP contribution >= 0.6 is 11.6 Å². The van der Waals surface area contributed by atoms with E-state index in [1.807, 2.05) is 48.2 Å². The van der Waals surface area contributed by atoms with Gasteiger partial charge in [0.1, 0.15) is 5.52 Å². The van der Waals surface area contributed by atoms with Crippen LogP contribution in [0.4, 0.5) is 0 Å². The van der Waals surface area contributed by atoms with Crippen molar-refractivity contribution in [2.75, 3.05) is 6.54 Å². The Kier molecular flexibility index (Phi) is 5.74. The molecule has 4 N–H and O–H groups in total. The molecule has 2 heterocycles. The van der Waals surface area contributed by atoms with E-state index < -0.39 is 18.0 Å². The Labute approximate surface area is 179 Å². The van der Waals surface area contributed by atoms with Crippen molar-refractivity contribution in [1.29, 1.82) is 0 Å². The number of aromatic amines is 1. The highest BCUT2D eigenvalue weighted by Gasteiger charge is 2.40. The summed E-state index contributed by atoms with van der Waals surface area (Å²) in [6, 6.07) is 12.8. The number of rotatable bonds is 6. The zero-order valence-electron chi connectivity index (χ0n) is 16.6. The van der Waals surface area contributed by atoms with Crippen LogP contribution in [0.3, 0.4) is 0 Å². The minimum Gasteiger partial charge on any atom is -0.368 e. The molecule has 1 aliphatic heterocycles. The number of nitrogens with two attached hydrogens (primary N) is 1. The van der Waals surface area contributed by atoms with Crippen molar-refractivity contribution in [3.8, 4) is 0 Å². The van der Waals surface area contributed by atoms with Gasteiger partial charge in [-0.1, -0.05) is 41.9 Å². The molecule has 0 saturated carbocycles. The van der Waals surface area contributed by atoms with Crippen LogP contribution in [0.2, 0.25) is 5.02 Å². The first-order valence-electron chi connectivity index (χ1n) is 9.93. The number of fused-ring (bicyclic) bond motifs is 1. The summed E-state index contributed by atoms with van der Waals surface area (Å²) in [5, 5.41) is 3.48. The SMILES string of the molecule is C[C@@H](C(=O)NCc1cc(Cl)c2nc[nH]c2c1)N1CC(c2ccccc2)CC1C(N)=O. The lowest BCUT2D eigenvalue weighted by Gasteiger charge is -2.28. The summed E-state index contributed by atoms with van der Waals surface area (Å²) in [5.41, 5.74) is 9.20. The molecule has 3 atom stereocenters. The summed E-state index contributed by atoms with van der Waals surface area (Å²) in [6.45, 7) is 2.75. The summed E-state index contributed by atoms with van der Waals surface area (Å²) in [5.74, 6) is -0.388. The lowest BCUT2D eigenvalue weighted by Crippen LogP contribution is -2.51. The third-order valence-corrected chi connectivity index (χ3v) is 6.11. The summed E-state index contributed by atoms with van der Waals surface area (Å²) >= 11 is 6.26. The van der Waals surface area contributed by atoms with Crippen LogP contribution in [0.1, 0.15) is 30.4 Å². The van der Waals surface area contributed by atoms with Crippen molar-refractivity contribution in [1.82, 2.24) is 20.2 Å². The number of likely N-dealkylation sites (tertiary alicyclic amines) is 1. The maximum Gasteiger partial charge on any atom is 0.237 e. The summed E-state index contributed by atoms with van der Waals surface area (Å²) in [6.07, 6.45) is 2.20. The second-order valence-corrected chi connectivity index (χ2v) is 8.14. The molecule has 0 bridgehead atoms. The number of carbonyl (C=O) groups is 2. The number of carbonyl (C=O) groups excluding carboxylic acids is 2. The molecule has 3 aromatic rings. The number of aromatic nitrogens is 2. The Bertz CT molecular complexity index is 1070. The molecule has 7 nitrogen and oxygen atoms in total. The van der Waals surface area contributed by atoms with E-state index in [9.17, 15) is 9.59 Å². The van der Waals surface area contributed by atoms with E-state index in [0.29, 0.717) is 30.0 Å². The maximum atomic E-state index is 12.9. The predicted molar refractivity (Wildman–Crippen MR) is 116 cm³/mol. The third kappa shape index (κ3) is 4.04. The fourth-order valence-corrected chi connectivity index (χ4v) is 4.48. The first-order valence-corrected chi connectivity index (χ1v) is 10.3. The van der Waals surface area contributed by atoms with Gasteiger partial charge >= 0.3 is 0 Å². The molecule has 156 valence electrons. The predicted octanol–water partition coefficient (Wildman–Crippen LogP) is 2.56. The molecule has 2 unspecified atom stereocenters. The highest BCUT2D eigenvalue weighted by molar-refractivity contribution is 6.35. The summed E-state index contributed by atoms with van der Waals surface area (Å²) < 4.78 is 0. The molecule has 0 radical (unpaired) electrons. The fourth-order valence-electron chi connectivity index (χ4n) is 4.19. The molecular weight excluding hydrogens is 402 g/mol. The molecule has 1 saturated heterocycles. The maximum absolute atomic E-state index is 12.9. The Balaban J connectivity index is 1.44. The quantitative estimate of drug-likeness (QED) is 0.564. The first kappa shape index (κ1) is 20.4. The third-order valence-electron chi connectivity index (χ3n) is 5.82. The number of halogens is 1. The van der Waals surface area contributed by atoms with Gasteiger partial charge in [-0.2, -0.15) is 0 Å². The van der Waals surface area contributed by atoms with Gasteiger partial charge in [-0.15, -0.1) is 0 Å². The number of amides is 2. The average Bonchev–Trinajstić information content (AvgIpc) is 3.40. The zero-order chi connectivity index (χ0) is 21.3. The van der Waals surface area contributed by atoms with Crippen LogP contribution in [-0.2, 0) is 16.1 Å². The second kappa shape index (κ2) is 8.45. The molecule has 0 aliphatic carbocycles. The van der Waals surface area contributed by atoms with Crippen LogP contribution < -0.4 is 11.1 Å². The highest BCUT2D eigenvalue weighted by atomic mass is 35.5. The smallest absolute Gasteiger partial charge is 0.237 e. The lowest BCUT2D eigenvalue weighted by atomic mass is 9.96. The number of nitrogens with zero attached hydrogens (tertiary/aromatic N) is 2. The van der Waals surface area contributed by atoms with E-state index in [1.54, 1.807) is 12.4 Å². The highest BCUT2D eigenvalue weighted by Crippen LogP contribution is 2.33. The van der Waals surface area contributed by atoms with Crippen molar-refractivity contribution < 1.29 is 9.59 Å². The molecule has 1 aliphatic rings. The summed E-state index contributed by atoms with van der Waals surface area (Å²) in [7, 11) is 0. The second-order valence-electron chi connectivity index (χ2n) is 7.73. The van der Waals surface area contributed by atoms with E-state index in [2.05, 4.69) is 15.3 Å². The zero-order valence-corrected chi connectivity index (χ0v) is 17.4. The van der Waals surface area contributed by atoms with E-state index in [0.717, 1.165) is 16.6 Å². The lowest BCUT2D eigenvalue weighted by molar-refractivity contribution is -0.129. The van der Waals surface area contributed by atoms with Crippen molar-refractivity contribution in [2.45, 2.75) is 37.9 Å². The minimum absolute atomic E-state index is 0.157. The number of H-pyrrole nitrogens is 1. The number of hydrogen-bond acceptors (Lipinski definition) is 4. The largest absolute Gasteiger partial charge is 0.368 e. The van der Waals surface area contributed by atoms with Crippen molar-refractivity contribution in [3.05, 3.63) is 64.9 Å². The Morgan fingerprint density at radius 1 is 1.33 bits per heavy atom. The van der Waals surface area contributed by atoms with Crippen LogP contribution in [0, 0.1) is 0 Å². The van der Waals surface area contributed by atoms with Gasteiger partial charge in [0.25, 0.3) is 0 Å². The minimum atomic E-state index is -0.484. The van der Waals surface area contributed by atoms with Gasteiger partial charge in [-0.05, 0) is 42.5 Å². The molecular formula is C22H24ClN5O2. The Hall–Kier alpha value is -2.90. The van der Waals surface area contributed by atoms with Crippen LogP contribution in [0.25, 0.3) is 11.0 Å². The van der Waals surface area contributed by atoms with Crippen molar-refractivity contribution in [3.63, 3.8) is 0 Å². The molecule has 1 fully saturated rings. The normalized spacial score (nSPS) is 20.3. The van der Waals surface area contributed by atoms with Gasteiger partial charge < -0.3 is 16.0 Å². The molecule has 2 aromatic carbocycles. The van der Waals surface area contributed by atoms with Gasteiger partial charge in [-0.3, -0.25) is 14.5 Å². The molecule has 0 spiro atoms. The van der Waals surface area contributed by atoms with E-state index in [-0.39, 0.29) is 11.8 Å². The van der Waals surface area contributed by atoms with Gasteiger partial charge in [0.2, 0.25) is 11.8 Å². The number of imidazole rings is 1. The topological polar surface area (TPSA) is 104 Å². The van der Waals surface area contributed by atoms with Crippen LogP contribution in [0.15, 0.2) is 48.8 Å². The standard InChI is InChI=1S/C22H24ClN5O2/c1-13(22(30)25-10-14-7-17(23)20-18(8-14)26-12-27-20)28-11-16(9-19(28)21(24)29)15-5-3-2-4-6-15/h2-8,12-13,16,19H,9-11H2,1H3,(H2,24,29)(H,25,30)(H,26,27)/t13-,16?,19?/m0/s1. The molecule has 1 aromatic heterocycles. The van der Waals surface area contributed by atoms with Crippen LogP contribution in [0.5, 0.6) is 0 Å². The van der Waals surface area contributed by atoms with Gasteiger partial charge in [0.05, 0.1) is 29.0 Å². The number of primary amides is 1. The first-order chi connectivity index (χ1) is 14.4. The molecule has 30 heavy (non-hydrogen) atoms. The Morgan fingerprint density at radius 3 is 2.83 bits per heavy atom. The van der Waals surface area contributed by atoms with E-state index >= 15 is 0 Å². The van der Waals surface area contributed by atoms with E-state index in [4.69, 9.17) is 17.3 Å². The van der Waals surface area contributed by atoms with E-state index in [1.165, 1.54) is 0 Å². The summed E-state index contributed by atoms with van der Waals surface area (Å²) in [4.78, 5) is 34.0. The Morgan fingerprint density at radius 2 is 2.10 bits per heavy atom.